The fourth-order valence-electron chi connectivity index (χ4n) is 1.87. The molecular weight excluding hydrogens is 174 g/mol. The Morgan fingerprint density at radius 3 is 2.71 bits per heavy atom. The number of aliphatic hydroxyl groups excluding tert-OH is 1. The molecule has 1 aromatic carbocycles. The molecule has 0 bridgehead atoms. The summed E-state index contributed by atoms with van der Waals surface area (Å²) in [5.41, 5.74) is 7.83. The van der Waals surface area contributed by atoms with Gasteiger partial charge in [0.15, 0.2) is 0 Å². The van der Waals surface area contributed by atoms with Crippen molar-refractivity contribution in [2.45, 2.75) is 25.4 Å². The highest BCUT2D eigenvalue weighted by molar-refractivity contribution is 5.30. The van der Waals surface area contributed by atoms with Crippen molar-refractivity contribution in [1.29, 1.82) is 0 Å². The van der Waals surface area contributed by atoms with E-state index < -0.39 is 0 Å². The molecule has 76 valence electrons. The van der Waals surface area contributed by atoms with E-state index in [0.29, 0.717) is 12.5 Å². The van der Waals surface area contributed by atoms with Gasteiger partial charge in [0.05, 0.1) is 6.10 Å². The SMILES string of the molecule is NCCc1ccccc1C(O)C1CC1. The van der Waals surface area contributed by atoms with Gasteiger partial charge in [0.25, 0.3) is 0 Å². The summed E-state index contributed by atoms with van der Waals surface area (Å²) in [5.74, 6) is 0.494. The molecule has 0 aromatic heterocycles. The summed E-state index contributed by atoms with van der Waals surface area (Å²) >= 11 is 0. The second kappa shape index (κ2) is 4.11. The minimum absolute atomic E-state index is 0.266. The lowest BCUT2D eigenvalue weighted by molar-refractivity contribution is 0.153. The van der Waals surface area contributed by atoms with Gasteiger partial charge in [-0.25, -0.2) is 0 Å². The van der Waals surface area contributed by atoms with Crippen molar-refractivity contribution in [3.8, 4) is 0 Å². The minimum atomic E-state index is -0.266. The summed E-state index contributed by atoms with van der Waals surface area (Å²) in [6, 6.07) is 8.08. The van der Waals surface area contributed by atoms with E-state index in [1.165, 1.54) is 5.56 Å². The number of hydrogen-bond donors (Lipinski definition) is 2. The van der Waals surface area contributed by atoms with Crippen molar-refractivity contribution < 1.29 is 5.11 Å². The quantitative estimate of drug-likeness (QED) is 0.760. The molecule has 1 atom stereocenters. The van der Waals surface area contributed by atoms with E-state index in [9.17, 15) is 5.11 Å². The van der Waals surface area contributed by atoms with Crippen molar-refractivity contribution in [3.63, 3.8) is 0 Å². The Balaban J connectivity index is 2.20. The second-order valence-corrected chi connectivity index (χ2v) is 4.02. The van der Waals surface area contributed by atoms with E-state index in [2.05, 4.69) is 6.07 Å². The first-order chi connectivity index (χ1) is 6.83. The molecule has 1 saturated carbocycles. The van der Waals surface area contributed by atoms with Crippen molar-refractivity contribution >= 4 is 0 Å². The topological polar surface area (TPSA) is 46.2 Å². The van der Waals surface area contributed by atoms with E-state index >= 15 is 0 Å². The Labute approximate surface area is 84.7 Å². The van der Waals surface area contributed by atoms with Crippen LogP contribution >= 0.6 is 0 Å². The zero-order valence-electron chi connectivity index (χ0n) is 8.32. The Hall–Kier alpha value is -0.860. The van der Waals surface area contributed by atoms with Gasteiger partial charge in [-0.3, -0.25) is 0 Å². The summed E-state index contributed by atoms with van der Waals surface area (Å²) in [4.78, 5) is 0. The normalized spacial score (nSPS) is 18.1. The summed E-state index contributed by atoms with van der Waals surface area (Å²) in [6.07, 6.45) is 2.92. The Morgan fingerprint density at radius 2 is 2.07 bits per heavy atom. The predicted molar refractivity (Wildman–Crippen MR) is 56.9 cm³/mol. The highest BCUT2D eigenvalue weighted by Gasteiger charge is 2.31. The summed E-state index contributed by atoms with van der Waals surface area (Å²) in [6.45, 7) is 0.647. The van der Waals surface area contributed by atoms with E-state index in [1.807, 2.05) is 18.2 Å². The zero-order valence-corrected chi connectivity index (χ0v) is 8.32. The molecule has 0 saturated heterocycles. The maximum absolute atomic E-state index is 10.0. The zero-order chi connectivity index (χ0) is 9.97. The lowest BCUT2D eigenvalue weighted by atomic mass is 9.97. The van der Waals surface area contributed by atoms with Crippen molar-refractivity contribution in [3.05, 3.63) is 35.4 Å². The molecule has 0 aliphatic heterocycles. The van der Waals surface area contributed by atoms with Gasteiger partial charge >= 0.3 is 0 Å². The van der Waals surface area contributed by atoms with Crippen LogP contribution in [-0.4, -0.2) is 11.7 Å². The molecule has 2 rings (SSSR count). The molecule has 1 fully saturated rings. The van der Waals surface area contributed by atoms with Crippen molar-refractivity contribution in [2.75, 3.05) is 6.54 Å². The second-order valence-electron chi connectivity index (χ2n) is 4.02. The average Bonchev–Trinajstić information content (AvgIpc) is 3.01. The third-order valence-electron chi connectivity index (χ3n) is 2.86. The van der Waals surface area contributed by atoms with E-state index in [1.54, 1.807) is 0 Å². The average molecular weight is 191 g/mol. The molecule has 3 N–H and O–H groups in total. The predicted octanol–water partition coefficient (Wildman–Crippen LogP) is 1.63. The van der Waals surface area contributed by atoms with Crippen LogP contribution in [0.5, 0.6) is 0 Å². The van der Waals surface area contributed by atoms with Crippen LogP contribution in [0.15, 0.2) is 24.3 Å². The van der Waals surface area contributed by atoms with Crippen LogP contribution in [0.4, 0.5) is 0 Å². The maximum atomic E-state index is 10.0. The van der Waals surface area contributed by atoms with E-state index in [4.69, 9.17) is 5.73 Å². The summed E-state index contributed by atoms with van der Waals surface area (Å²) < 4.78 is 0. The summed E-state index contributed by atoms with van der Waals surface area (Å²) in [5, 5.41) is 10.0. The number of rotatable bonds is 4. The smallest absolute Gasteiger partial charge is 0.0820 e. The third kappa shape index (κ3) is 1.97. The highest BCUT2D eigenvalue weighted by Crippen LogP contribution is 2.41. The summed E-state index contributed by atoms with van der Waals surface area (Å²) in [7, 11) is 0. The van der Waals surface area contributed by atoms with Crippen LogP contribution < -0.4 is 5.73 Å². The van der Waals surface area contributed by atoms with Crippen LogP contribution in [0, 0.1) is 5.92 Å². The Kier molecular flexibility index (Phi) is 2.85. The highest BCUT2D eigenvalue weighted by atomic mass is 16.3. The van der Waals surface area contributed by atoms with Crippen LogP contribution in [0.25, 0.3) is 0 Å². The fourth-order valence-corrected chi connectivity index (χ4v) is 1.87. The van der Waals surface area contributed by atoms with Gasteiger partial charge in [-0.15, -0.1) is 0 Å². The molecule has 0 radical (unpaired) electrons. The van der Waals surface area contributed by atoms with E-state index in [0.717, 1.165) is 24.8 Å². The lowest BCUT2D eigenvalue weighted by Gasteiger charge is -2.14. The van der Waals surface area contributed by atoms with Gasteiger partial charge in [0, 0.05) is 0 Å². The molecule has 0 spiro atoms. The molecule has 2 heteroatoms. The molecule has 1 unspecified atom stereocenters. The van der Waals surface area contributed by atoms with Gasteiger partial charge in [-0.1, -0.05) is 24.3 Å². The number of aliphatic hydroxyl groups is 1. The van der Waals surface area contributed by atoms with Gasteiger partial charge in [-0.2, -0.15) is 0 Å². The Bertz CT molecular complexity index is 307. The van der Waals surface area contributed by atoms with Crippen LogP contribution in [0.1, 0.15) is 30.1 Å². The molecule has 0 amide bonds. The van der Waals surface area contributed by atoms with Gasteiger partial charge in [-0.05, 0) is 42.9 Å². The molecule has 14 heavy (non-hydrogen) atoms. The first kappa shape index (κ1) is 9.69. The standard InChI is InChI=1S/C12H17NO/c13-8-7-9-3-1-2-4-11(9)12(14)10-5-6-10/h1-4,10,12,14H,5-8,13H2. The first-order valence-electron chi connectivity index (χ1n) is 5.29. The lowest BCUT2D eigenvalue weighted by Crippen LogP contribution is -2.08. The fraction of sp³-hybridized carbons (Fsp3) is 0.500. The molecule has 1 aromatic rings. The molecule has 1 aliphatic rings. The maximum Gasteiger partial charge on any atom is 0.0820 e. The molecule has 0 heterocycles. The number of benzene rings is 1. The van der Waals surface area contributed by atoms with Gasteiger partial charge < -0.3 is 10.8 Å². The number of nitrogens with two attached hydrogens (primary N) is 1. The van der Waals surface area contributed by atoms with Crippen molar-refractivity contribution in [2.24, 2.45) is 11.7 Å². The molecule has 2 nitrogen and oxygen atoms in total. The molecular formula is C12H17NO. The van der Waals surface area contributed by atoms with E-state index in [-0.39, 0.29) is 6.10 Å². The van der Waals surface area contributed by atoms with Crippen LogP contribution in [0.3, 0.4) is 0 Å². The van der Waals surface area contributed by atoms with Gasteiger partial charge in [0.1, 0.15) is 0 Å². The Morgan fingerprint density at radius 1 is 1.36 bits per heavy atom. The largest absolute Gasteiger partial charge is 0.388 e. The third-order valence-corrected chi connectivity index (χ3v) is 2.86. The van der Waals surface area contributed by atoms with Crippen molar-refractivity contribution in [1.82, 2.24) is 0 Å². The van der Waals surface area contributed by atoms with Gasteiger partial charge in [0.2, 0.25) is 0 Å². The monoisotopic (exact) mass is 191 g/mol. The molecule has 1 aliphatic carbocycles. The minimum Gasteiger partial charge on any atom is -0.388 e. The number of hydrogen-bond acceptors (Lipinski definition) is 2. The van der Waals surface area contributed by atoms with Crippen LogP contribution in [0.2, 0.25) is 0 Å². The van der Waals surface area contributed by atoms with Crippen LogP contribution in [-0.2, 0) is 6.42 Å². The first-order valence-corrected chi connectivity index (χ1v) is 5.29.